The van der Waals surface area contributed by atoms with Crippen molar-refractivity contribution in [3.8, 4) is 40.2 Å². The van der Waals surface area contributed by atoms with Gasteiger partial charge in [0.1, 0.15) is 11.5 Å². The van der Waals surface area contributed by atoms with Gasteiger partial charge in [-0.15, -0.1) is 0 Å². The van der Waals surface area contributed by atoms with Crippen molar-refractivity contribution in [3.63, 3.8) is 0 Å². The second-order valence-electron chi connectivity index (χ2n) is 14.0. The van der Waals surface area contributed by atoms with Gasteiger partial charge in [0.25, 0.3) is 5.91 Å². The number of amides is 1. The van der Waals surface area contributed by atoms with Crippen molar-refractivity contribution in [3.05, 3.63) is 124 Å². The summed E-state index contributed by atoms with van der Waals surface area (Å²) in [5, 5.41) is 2.97. The molecule has 0 spiro atoms. The molecule has 0 fully saturated rings. The predicted octanol–water partition coefficient (Wildman–Crippen LogP) is 7.80. The minimum Gasteiger partial charge on any atom is -0.493 e. The van der Waals surface area contributed by atoms with E-state index in [1.165, 1.54) is 16.7 Å². The molecule has 10 heteroatoms. The first-order chi connectivity index (χ1) is 25.8. The lowest BCUT2D eigenvalue weighted by Crippen LogP contribution is -2.34. The van der Waals surface area contributed by atoms with Crippen LogP contribution in [0.5, 0.6) is 40.2 Å². The monoisotopic (exact) mass is 712 g/mol. The zero-order chi connectivity index (χ0) is 36.6. The lowest BCUT2D eigenvalue weighted by Gasteiger charge is -2.37. The maximum Gasteiger partial charge on any atom is 0.259 e. The van der Waals surface area contributed by atoms with Crippen LogP contribution in [0.4, 0.5) is 5.69 Å². The number of ether oxygens (including phenoxy) is 5. The van der Waals surface area contributed by atoms with Crippen LogP contribution >= 0.6 is 0 Å². The third kappa shape index (κ3) is 6.64. The van der Waals surface area contributed by atoms with Crippen molar-refractivity contribution in [2.75, 3.05) is 53.8 Å². The van der Waals surface area contributed by atoms with Crippen LogP contribution in [0.1, 0.15) is 55.8 Å². The number of carbonyl (C=O) groups is 1. The maximum absolute atomic E-state index is 13.7. The van der Waals surface area contributed by atoms with Crippen LogP contribution in [-0.4, -0.2) is 69.2 Å². The van der Waals surface area contributed by atoms with E-state index in [9.17, 15) is 4.79 Å². The first-order valence-corrected chi connectivity index (χ1v) is 18.0. The molecule has 53 heavy (non-hydrogen) atoms. The Morgan fingerprint density at radius 2 is 1.49 bits per heavy atom. The largest absolute Gasteiger partial charge is 0.493 e. The van der Waals surface area contributed by atoms with Crippen molar-refractivity contribution < 1.29 is 28.5 Å². The Bertz CT molecular complexity index is 2160. The Hall–Kier alpha value is -5.58. The molecule has 5 aromatic rings. The molecule has 6 bridgehead atoms. The number of hydrogen-bond donors (Lipinski definition) is 1. The number of pyridine rings is 1. The Balaban J connectivity index is 1.31. The van der Waals surface area contributed by atoms with Gasteiger partial charge < -0.3 is 29.0 Å². The van der Waals surface area contributed by atoms with Crippen LogP contribution in [0, 0.1) is 0 Å². The van der Waals surface area contributed by atoms with Crippen molar-refractivity contribution in [1.82, 2.24) is 14.8 Å². The number of carbonyl (C=O) groups excluding carboxylic acids is 1. The lowest BCUT2D eigenvalue weighted by atomic mass is 9.87. The van der Waals surface area contributed by atoms with Gasteiger partial charge in [-0.25, -0.2) is 0 Å². The van der Waals surface area contributed by atoms with E-state index in [0.29, 0.717) is 57.9 Å². The van der Waals surface area contributed by atoms with Crippen LogP contribution < -0.4 is 29.0 Å². The van der Waals surface area contributed by atoms with E-state index in [4.69, 9.17) is 23.7 Å². The molecular formula is C43H44N4O6. The number of benzene rings is 4. The third-order valence-electron chi connectivity index (χ3n) is 10.8. The number of likely N-dealkylation sites (N-methyl/N-ethyl adjacent to an activating group) is 2. The average molecular weight is 713 g/mol. The summed E-state index contributed by atoms with van der Waals surface area (Å²) < 4.78 is 31.6. The first-order valence-electron chi connectivity index (χ1n) is 18.0. The minimum absolute atomic E-state index is 0.0999. The zero-order valence-electron chi connectivity index (χ0n) is 30.8. The third-order valence-corrected chi connectivity index (χ3v) is 10.8. The molecule has 5 heterocycles. The summed E-state index contributed by atoms with van der Waals surface area (Å²) in [6, 6.07) is 24.0. The van der Waals surface area contributed by atoms with E-state index in [2.05, 4.69) is 64.5 Å². The quantitative estimate of drug-likeness (QED) is 0.196. The molecule has 1 amide bonds. The fourth-order valence-electron chi connectivity index (χ4n) is 7.95. The maximum atomic E-state index is 13.7. The molecule has 0 saturated carbocycles. The molecule has 0 unspecified atom stereocenters. The molecule has 4 aliphatic heterocycles. The molecule has 0 radical (unpaired) electrons. The number of anilines is 1. The highest BCUT2D eigenvalue weighted by Crippen LogP contribution is 2.52. The van der Waals surface area contributed by atoms with E-state index >= 15 is 0 Å². The normalized spacial score (nSPS) is 18.1. The van der Waals surface area contributed by atoms with Crippen LogP contribution in [0.2, 0.25) is 0 Å². The fourth-order valence-corrected chi connectivity index (χ4v) is 7.95. The van der Waals surface area contributed by atoms with Gasteiger partial charge in [-0.05, 0) is 122 Å². The van der Waals surface area contributed by atoms with Crippen LogP contribution in [0.15, 0.2) is 85.2 Å². The Labute approximate surface area is 310 Å². The molecule has 10 nitrogen and oxygen atoms in total. The van der Waals surface area contributed by atoms with Gasteiger partial charge >= 0.3 is 0 Å². The van der Waals surface area contributed by atoms with Crippen molar-refractivity contribution in [1.29, 1.82) is 0 Å². The highest BCUT2D eigenvalue weighted by atomic mass is 16.5. The van der Waals surface area contributed by atoms with E-state index in [1.54, 1.807) is 39.8 Å². The summed E-state index contributed by atoms with van der Waals surface area (Å²) in [4.78, 5) is 22.6. The van der Waals surface area contributed by atoms with Gasteiger partial charge in [-0.3, -0.25) is 19.6 Å². The Kier molecular flexibility index (Phi) is 9.40. The van der Waals surface area contributed by atoms with Crippen LogP contribution in [-0.2, 0) is 25.7 Å². The Morgan fingerprint density at radius 1 is 0.774 bits per heavy atom. The fraction of sp³-hybridized carbons (Fsp3) is 0.302. The topological polar surface area (TPSA) is 94.6 Å². The number of fused-ring (bicyclic) bond motifs is 2. The Morgan fingerprint density at radius 3 is 2.23 bits per heavy atom. The van der Waals surface area contributed by atoms with Gasteiger partial charge in [0.05, 0.1) is 38.8 Å². The van der Waals surface area contributed by atoms with E-state index in [1.807, 2.05) is 36.4 Å². The molecule has 0 aliphatic carbocycles. The number of methoxy groups -OCH3 is 3. The summed E-state index contributed by atoms with van der Waals surface area (Å²) in [7, 11) is 9.31. The summed E-state index contributed by atoms with van der Waals surface area (Å²) in [6.07, 6.45) is 6.41. The van der Waals surface area contributed by atoms with Gasteiger partial charge in [-0.2, -0.15) is 0 Å². The minimum atomic E-state index is -0.280. The van der Waals surface area contributed by atoms with E-state index in [-0.39, 0.29) is 18.0 Å². The first kappa shape index (κ1) is 34.5. The van der Waals surface area contributed by atoms with Crippen molar-refractivity contribution >= 4 is 11.6 Å². The van der Waals surface area contributed by atoms with Gasteiger partial charge in [0, 0.05) is 36.9 Å². The molecule has 0 saturated heterocycles. The van der Waals surface area contributed by atoms with Crippen molar-refractivity contribution in [2.24, 2.45) is 0 Å². The molecule has 2 atom stereocenters. The number of rotatable bonds is 5. The number of hydrogen-bond acceptors (Lipinski definition) is 9. The second kappa shape index (κ2) is 14.4. The standard InChI is InChI=1S/C43H44N4O6/c1-46-17-14-28-22-37(49-3)38-24-33(28)34(46)19-26-8-11-31(12-9-26)52-36-21-27(10-13-32(36)43(48)45-30-7-6-16-44-25-30)20-35-40-29(15-18-47(35)2)23-39(50-4)41(51-5)42(40)53-38/h6-13,16,21-25,34-35H,14-15,17-20H2,1-5H3,(H,45,48)/t34-,35+/m0/s1. The smallest absolute Gasteiger partial charge is 0.259 e. The van der Waals surface area contributed by atoms with Crippen molar-refractivity contribution in [2.45, 2.75) is 37.8 Å². The number of aromatic nitrogens is 1. The molecule has 272 valence electrons. The predicted molar refractivity (Wildman–Crippen MR) is 203 cm³/mol. The van der Waals surface area contributed by atoms with Gasteiger partial charge in [0.15, 0.2) is 23.0 Å². The molecule has 1 N–H and O–H groups in total. The highest BCUT2D eigenvalue weighted by Gasteiger charge is 2.35. The SMILES string of the molecule is COc1cc2c3cc1Oc1c(OC)c(OC)cc4c1[C@@H](Cc1ccc(C(=O)Nc5cccnc5)c(c1)Oc1ccc(cc1)C[C@@H]3N(C)CC2)N(C)CC4. The van der Waals surface area contributed by atoms with E-state index in [0.717, 1.165) is 49.0 Å². The highest BCUT2D eigenvalue weighted by molar-refractivity contribution is 6.06. The van der Waals surface area contributed by atoms with Crippen LogP contribution in [0.25, 0.3) is 0 Å². The summed E-state index contributed by atoms with van der Waals surface area (Å²) in [5.74, 6) is 3.89. The van der Waals surface area contributed by atoms with E-state index < -0.39 is 0 Å². The lowest BCUT2D eigenvalue weighted by molar-refractivity contribution is 0.102. The summed E-state index contributed by atoms with van der Waals surface area (Å²) >= 11 is 0. The molecule has 4 aromatic carbocycles. The zero-order valence-corrected chi connectivity index (χ0v) is 30.8. The second-order valence-corrected chi connectivity index (χ2v) is 14.0. The number of nitrogens with one attached hydrogen (secondary N) is 1. The molecule has 4 aliphatic rings. The number of nitrogens with zero attached hydrogens (tertiary/aromatic N) is 3. The molecule has 9 rings (SSSR count). The molecular weight excluding hydrogens is 668 g/mol. The molecule has 1 aromatic heterocycles. The van der Waals surface area contributed by atoms with Gasteiger partial charge in [-0.1, -0.05) is 18.2 Å². The van der Waals surface area contributed by atoms with Crippen LogP contribution in [0.3, 0.4) is 0 Å². The average Bonchev–Trinajstić information content (AvgIpc) is 3.17. The van der Waals surface area contributed by atoms with Gasteiger partial charge in [0.2, 0.25) is 5.75 Å². The summed E-state index contributed by atoms with van der Waals surface area (Å²) in [5.41, 5.74) is 7.81. The summed E-state index contributed by atoms with van der Waals surface area (Å²) in [6.45, 7) is 1.76.